The third-order valence-corrected chi connectivity index (χ3v) is 3.16. The van der Waals surface area contributed by atoms with Gasteiger partial charge in [0.1, 0.15) is 0 Å². The van der Waals surface area contributed by atoms with Gasteiger partial charge in [-0.25, -0.2) is 0 Å². The SMILES string of the molecule is COCC(CCO)NCc1ccccc1Br. The first-order valence-electron chi connectivity index (χ1n) is 5.34. The molecular weight excluding hydrogens is 270 g/mol. The van der Waals surface area contributed by atoms with Crippen LogP contribution in [0.3, 0.4) is 0 Å². The molecule has 0 bridgehead atoms. The van der Waals surface area contributed by atoms with E-state index in [1.54, 1.807) is 7.11 Å². The molecule has 16 heavy (non-hydrogen) atoms. The van der Waals surface area contributed by atoms with Crippen molar-refractivity contribution < 1.29 is 9.84 Å². The fraction of sp³-hybridized carbons (Fsp3) is 0.500. The Hall–Kier alpha value is -0.420. The molecular formula is C12H18BrNO2. The average molecular weight is 288 g/mol. The standard InChI is InChI=1S/C12H18BrNO2/c1-16-9-11(6-7-15)14-8-10-4-2-3-5-12(10)13/h2-5,11,14-15H,6-9H2,1H3. The molecule has 1 aromatic carbocycles. The van der Waals surface area contributed by atoms with Crippen LogP contribution in [0.1, 0.15) is 12.0 Å². The fourth-order valence-corrected chi connectivity index (χ4v) is 1.92. The molecule has 0 radical (unpaired) electrons. The van der Waals surface area contributed by atoms with Gasteiger partial charge in [0.25, 0.3) is 0 Å². The summed E-state index contributed by atoms with van der Waals surface area (Å²) < 4.78 is 6.19. The maximum Gasteiger partial charge on any atom is 0.0616 e. The highest BCUT2D eigenvalue weighted by Gasteiger charge is 2.07. The van der Waals surface area contributed by atoms with Gasteiger partial charge in [0.2, 0.25) is 0 Å². The van der Waals surface area contributed by atoms with E-state index in [0.29, 0.717) is 13.0 Å². The number of methoxy groups -OCH3 is 1. The lowest BCUT2D eigenvalue weighted by Gasteiger charge is -2.17. The van der Waals surface area contributed by atoms with E-state index >= 15 is 0 Å². The van der Waals surface area contributed by atoms with Gasteiger partial charge in [-0.1, -0.05) is 34.1 Å². The number of aliphatic hydroxyl groups is 1. The van der Waals surface area contributed by atoms with E-state index in [9.17, 15) is 0 Å². The summed E-state index contributed by atoms with van der Waals surface area (Å²) in [4.78, 5) is 0. The van der Waals surface area contributed by atoms with E-state index in [4.69, 9.17) is 9.84 Å². The molecule has 0 aromatic heterocycles. The summed E-state index contributed by atoms with van der Waals surface area (Å²) >= 11 is 3.50. The zero-order valence-electron chi connectivity index (χ0n) is 9.45. The minimum absolute atomic E-state index is 0.178. The quantitative estimate of drug-likeness (QED) is 0.805. The van der Waals surface area contributed by atoms with Gasteiger partial charge in [0, 0.05) is 30.8 Å². The third-order valence-electron chi connectivity index (χ3n) is 2.38. The van der Waals surface area contributed by atoms with E-state index < -0.39 is 0 Å². The van der Waals surface area contributed by atoms with Crippen LogP contribution in [0.2, 0.25) is 0 Å². The first-order chi connectivity index (χ1) is 7.77. The summed E-state index contributed by atoms with van der Waals surface area (Å²) in [5.41, 5.74) is 1.21. The second kappa shape index (κ2) is 7.79. The van der Waals surface area contributed by atoms with Crippen LogP contribution in [0, 0.1) is 0 Å². The number of benzene rings is 1. The van der Waals surface area contributed by atoms with E-state index in [-0.39, 0.29) is 12.6 Å². The molecule has 0 aliphatic heterocycles. The van der Waals surface area contributed by atoms with Crippen molar-refractivity contribution in [3.63, 3.8) is 0 Å². The van der Waals surface area contributed by atoms with Crippen molar-refractivity contribution in [3.05, 3.63) is 34.3 Å². The summed E-state index contributed by atoms with van der Waals surface area (Å²) in [6, 6.07) is 8.29. The van der Waals surface area contributed by atoms with Crippen LogP contribution in [0.4, 0.5) is 0 Å². The first-order valence-corrected chi connectivity index (χ1v) is 6.13. The zero-order valence-corrected chi connectivity index (χ0v) is 11.0. The molecule has 0 saturated carbocycles. The number of nitrogens with one attached hydrogen (secondary N) is 1. The molecule has 0 amide bonds. The van der Waals surface area contributed by atoms with E-state index in [1.165, 1.54) is 5.56 Å². The zero-order chi connectivity index (χ0) is 11.8. The van der Waals surface area contributed by atoms with Crippen LogP contribution in [0.25, 0.3) is 0 Å². The molecule has 3 nitrogen and oxygen atoms in total. The van der Waals surface area contributed by atoms with Gasteiger partial charge in [-0.2, -0.15) is 0 Å². The third kappa shape index (κ3) is 4.61. The molecule has 0 heterocycles. The Morgan fingerprint density at radius 2 is 2.19 bits per heavy atom. The minimum Gasteiger partial charge on any atom is -0.396 e. The lowest BCUT2D eigenvalue weighted by molar-refractivity contribution is 0.148. The van der Waals surface area contributed by atoms with E-state index in [1.807, 2.05) is 18.2 Å². The van der Waals surface area contributed by atoms with Crippen molar-refractivity contribution in [3.8, 4) is 0 Å². The smallest absolute Gasteiger partial charge is 0.0616 e. The highest BCUT2D eigenvalue weighted by molar-refractivity contribution is 9.10. The topological polar surface area (TPSA) is 41.5 Å². The Balaban J connectivity index is 2.45. The Kier molecular flexibility index (Phi) is 6.64. The summed E-state index contributed by atoms with van der Waals surface area (Å²) in [5, 5.41) is 12.3. The summed E-state index contributed by atoms with van der Waals surface area (Å²) in [6.07, 6.45) is 0.707. The van der Waals surface area contributed by atoms with Crippen molar-refractivity contribution in [2.75, 3.05) is 20.3 Å². The Morgan fingerprint density at radius 1 is 1.44 bits per heavy atom. The predicted octanol–water partition coefficient (Wildman–Crippen LogP) is 1.94. The largest absolute Gasteiger partial charge is 0.396 e. The lowest BCUT2D eigenvalue weighted by Crippen LogP contribution is -2.33. The molecule has 0 saturated heterocycles. The highest BCUT2D eigenvalue weighted by atomic mass is 79.9. The van der Waals surface area contributed by atoms with Crippen LogP contribution in [-0.4, -0.2) is 31.5 Å². The fourth-order valence-electron chi connectivity index (χ4n) is 1.50. The number of aliphatic hydroxyl groups excluding tert-OH is 1. The molecule has 1 atom stereocenters. The highest BCUT2D eigenvalue weighted by Crippen LogP contribution is 2.15. The molecule has 2 N–H and O–H groups in total. The summed E-state index contributed by atoms with van der Waals surface area (Å²) in [7, 11) is 1.67. The predicted molar refractivity (Wildman–Crippen MR) is 68.3 cm³/mol. The van der Waals surface area contributed by atoms with Crippen LogP contribution in [0.15, 0.2) is 28.7 Å². The van der Waals surface area contributed by atoms with Gasteiger partial charge in [0.15, 0.2) is 0 Å². The first kappa shape index (κ1) is 13.6. The Labute approximate surface area is 105 Å². The summed E-state index contributed by atoms with van der Waals surface area (Å²) in [6.45, 7) is 1.57. The molecule has 90 valence electrons. The normalized spacial score (nSPS) is 12.7. The van der Waals surface area contributed by atoms with Gasteiger partial charge in [-0.05, 0) is 18.1 Å². The lowest BCUT2D eigenvalue weighted by atomic mass is 10.2. The summed E-state index contributed by atoms with van der Waals surface area (Å²) in [5.74, 6) is 0. The van der Waals surface area contributed by atoms with Gasteiger partial charge in [0.05, 0.1) is 6.61 Å². The van der Waals surface area contributed by atoms with E-state index in [2.05, 4.69) is 27.3 Å². The number of hydrogen-bond acceptors (Lipinski definition) is 3. The molecule has 0 fully saturated rings. The van der Waals surface area contributed by atoms with E-state index in [0.717, 1.165) is 11.0 Å². The second-order valence-electron chi connectivity index (χ2n) is 3.64. The molecule has 0 spiro atoms. The van der Waals surface area contributed by atoms with Crippen molar-refractivity contribution in [1.82, 2.24) is 5.32 Å². The van der Waals surface area contributed by atoms with Crippen molar-refractivity contribution in [1.29, 1.82) is 0 Å². The van der Waals surface area contributed by atoms with Gasteiger partial charge < -0.3 is 15.2 Å². The number of rotatable bonds is 7. The van der Waals surface area contributed by atoms with Crippen LogP contribution in [-0.2, 0) is 11.3 Å². The molecule has 4 heteroatoms. The number of halogens is 1. The van der Waals surface area contributed by atoms with Crippen molar-refractivity contribution in [2.45, 2.75) is 19.0 Å². The Bertz CT molecular complexity index is 301. The van der Waals surface area contributed by atoms with Crippen LogP contribution >= 0.6 is 15.9 Å². The van der Waals surface area contributed by atoms with Gasteiger partial charge >= 0.3 is 0 Å². The van der Waals surface area contributed by atoms with Crippen molar-refractivity contribution >= 4 is 15.9 Å². The maximum atomic E-state index is 8.91. The maximum absolute atomic E-state index is 8.91. The number of ether oxygens (including phenoxy) is 1. The molecule has 1 unspecified atom stereocenters. The minimum atomic E-state index is 0.178. The second-order valence-corrected chi connectivity index (χ2v) is 4.49. The molecule has 0 aliphatic carbocycles. The van der Waals surface area contributed by atoms with Crippen molar-refractivity contribution in [2.24, 2.45) is 0 Å². The number of hydrogen-bond donors (Lipinski definition) is 2. The molecule has 1 rings (SSSR count). The molecule has 1 aromatic rings. The van der Waals surface area contributed by atoms with Gasteiger partial charge in [-0.15, -0.1) is 0 Å². The molecule has 0 aliphatic rings. The van der Waals surface area contributed by atoms with Crippen LogP contribution in [0.5, 0.6) is 0 Å². The van der Waals surface area contributed by atoms with Crippen LogP contribution < -0.4 is 5.32 Å². The van der Waals surface area contributed by atoms with Gasteiger partial charge in [-0.3, -0.25) is 0 Å². The monoisotopic (exact) mass is 287 g/mol. The Morgan fingerprint density at radius 3 is 2.81 bits per heavy atom. The average Bonchev–Trinajstić information content (AvgIpc) is 2.28.